The zero-order valence-corrected chi connectivity index (χ0v) is 11.2. The molecule has 0 fully saturated rings. The van der Waals surface area contributed by atoms with Crippen LogP contribution in [0.25, 0.3) is 11.3 Å². The van der Waals surface area contributed by atoms with E-state index in [0.717, 1.165) is 5.56 Å². The number of pyridine rings is 1. The normalized spacial score (nSPS) is 10.4. The van der Waals surface area contributed by atoms with E-state index in [-0.39, 0.29) is 0 Å². The number of rotatable bonds is 2. The fourth-order valence-electron chi connectivity index (χ4n) is 1.48. The van der Waals surface area contributed by atoms with Crippen LogP contribution in [0.5, 0.6) is 0 Å². The van der Waals surface area contributed by atoms with Crippen LogP contribution in [0.4, 0.5) is 5.82 Å². The van der Waals surface area contributed by atoms with Gasteiger partial charge < -0.3 is 5.32 Å². The molecule has 0 amide bonds. The standard InChI is InChI=1S/C12H9Cl3N2/c1-16-12-10(15)6-9(14)11(17-12)7-4-2-3-5-8(7)13/h2-6H,1H3,(H,16,17). The molecule has 88 valence electrons. The van der Waals surface area contributed by atoms with Crippen LogP contribution in [0.15, 0.2) is 30.3 Å². The topological polar surface area (TPSA) is 24.9 Å². The third-order valence-electron chi connectivity index (χ3n) is 2.30. The number of aromatic nitrogens is 1. The number of hydrogen-bond donors (Lipinski definition) is 1. The lowest BCUT2D eigenvalue weighted by atomic mass is 10.1. The van der Waals surface area contributed by atoms with Gasteiger partial charge in [-0.25, -0.2) is 4.98 Å². The van der Waals surface area contributed by atoms with E-state index in [1.54, 1.807) is 19.2 Å². The number of halogens is 3. The SMILES string of the molecule is CNc1nc(-c2ccccc2Cl)c(Cl)cc1Cl. The van der Waals surface area contributed by atoms with E-state index in [0.29, 0.717) is 26.6 Å². The molecule has 0 aliphatic rings. The second-order valence-electron chi connectivity index (χ2n) is 3.38. The summed E-state index contributed by atoms with van der Waals surface area (Å²) in [5.74, 6) is 0.575. The Labute approximate surface area is 115 Å². The van der Waals surface area contributed by atoms with Crippen LogP contribution in [0.2, 0.25) is 15.1 Å². The Morgan fingerprint density at radius 3 is 2.35 bits per heavy atom. The molecule has 1 heterocycles. The third kappa shape index (κ3) is 2.49. The van der Waals surface area contributed by atoms with Gasteiger partial charge in [-0.2, -0.15) is 0 Å². The van der Waals surface area contributed by atoms with E-state index in [1.807, 2.05) is 18.2 Å². The Morgan fingerprint density at radius 2 is 1.71 bits per heavy atom. The number of anilines is 1. The van der Waals surface area contributed by atoms with Crippen LogP contribution >= 0.6 is 34.8 Å². The molecule has 0 spiro atoms. The average molecular weight is 288 g/mol. The first-order valence-electron chi connectivity index (χ1n) is 4.92. The fourth-order valence-corrected chi connectivity index (χ4v) is 2.26. The largest absolute Gasteiger partial charge is 0.372 e. The van der Waals surface area contributed by atoms with Gasteiger partial charge in [-0.15, -0.1) is 0 Å². The minimum absolute atomic E-state index is 0.474. The summed E-state index contributed by atoms with van der Waals surface area (Å²) in [5, 5.41) is 4.46. The highest BCUT2D eigenvalue weighted by molar-refractivity contribution is 6.38. The molecule has 0 saturated carbocycles. The Balaban J connectivity index is 2.64. The predicted molar refractivity (Wildman–Crippen MR) is 74.2 cm³/mol. The number of nitrogens with one attached hydrogen (secondary N) is 1. The lowest BCUT2D eigenvalue weighted by Crippen LogP contribution is -1.96. The van der Waals surface area contributed by atoms with Gasteiger partial charge in [0.25, 0.3) is 0 Å². The summed E-state index contributed by atoms with van der Waals surface area (Å²) in [6, 6.07) is 9.05. The van der Waals surface area contributed by atoms with Crippen molar-refractivity contribution in [1.82, 2.24) is 4.98 Å². The van der Waals surface area contributed by atoms with Crippen molar-refractivity contribution in [3.05, 3.63) is 45.4 Å². The summed E-state index contributed by atoms with van der Waals surface area (Å²) in [6.45, 7) is 0. The molecule has 0 radical (unpaired) electrons. The van der Waals surface area contributed by atoms with Crippen LogP contribution in [-0.4, -0.2) is 12.0 Å². The first-order chi connectivity index (χ1) is 8.13. The summed E-state index contributed by atoms with van der Waals surface area (Å²) >= 11 is 18.2. The second kappa shape index (κ2) is 5.13. The maximum Gasteiger partial charge on any atom is 0.145 e. The lowest BCUT2D eigenvalue weighted by Gasteiger charge is -2.09. The van der Waals surface area contributed by atoms with Gasteiger partial charge in [0.15, 0.2) is 0 Å². The van der Waals surface area contributed by atoms with Crippen molar-refractivity contribution in [2.24, 2.45) is 0 Å². The van der Waals surface area contributed by atoms with Crippen LogP contribution in [0.3, 0.4) is 0 Å². The molecule has 0 unspecified atom stereocenters. The van der Waals surface area contributed by atoms with Gasteiger partial charge in [0, 0.05) is 12.6 Å². The molecule has 0 bridgehead atoms. The van der Waals surface area contributed by atoms with E-state index in [1.165, 1.54) is 0 Å². The molecule has 1 aromatic carbocycles. The maximum absolute atomic E-state index is 6.13. The highest BCUT2D eigenvalue weighted by Crippen LogP contribution is 2.35. The highest BCUT2D eigenvalue weighted by Gasteiger charge is 2.12. The maximum atomic E-state index is 6.13. The molecule has 17 heavy (non-hydrogen) atoms. The predicted octanol–water partition coefficient (Wildman–Crippen LogP) is 4.75. The van der Waals surface area contributed by atoms with Crippen molar-refractivity contribution >= 4 is 40.6 Å². The molecule has 0 saturated heterocycles. The van der Waals surface area contributed by atoms with Gasteiger partial charge in [0.2, 0.25) is 0 Å². The minimum Gasteiger partial charge on any atom is -0.372 e. The Hall–Kier alpha value is -0.960. The van der Waals surface area contributed by atoms with Crippen molar-refractivity contribution in [1.29, 1.82) is 0 Å². The molecule has 2 nitrogen and oxygen atoms in total. The molecule has 1 N–H and O–H groups in total. The van der Waals surface area contributed by atoms with Crippen LogP contribution in [0, 0.1) is 0 Å². The first-order valence-corrected chi connectivity index (χ1v) is 6.05. The van der Waals surface area contributed by atoms with E-state index in [9.17, 15) is 0 Å². The summed E-state index contributed by atoms with van der Waals surface area (Å²) in [4.78, 5) is 4.36. The first kappa shape index (κ1) is 12.5. The summed E-state index contributed by atoms with van der Waals surface area (Å²) < 4.78 is 0. The minimum atomic E-state index is 0.474. The van der Waals surface area contributed by atoms with Crippen molar-refractivity contribution in [2.75, 3.05) is 12.4 Å². The molecule has 2 rings (SSSR count). The Bertz CT molecular complexity index is 555. The second-order valence-corrected chi connectivity index (χ2v) is 4.60. The number of nitrogens with zero attached hydrogens (tertiary/aromatic N) is 1. The number of benzene rings is 1. The smallest absolute Gasteiger partial charge is 0.145 e. The van der Waals surface area contributed by atoms with Crippen LogP contribution < -0.4 is 5.32 Å². The quantitative estimate of drug-likeness (QED) is 0.862. The van der Waals surface area contributed by atoms with Gasteiger partial charge in [0.1, 0.15) is 5.82 Å². The summed E-state index contributed by atoms with van der Waals surface area (Å²) in [5.41, 5.74) is 1.40. The summed E-state index contributed by atoms with van der Waals surface area (Å²) in [6.07, 6.45) is 0. The van der Waals surface area contributed by atoms with Gasteiger partial charge in [-0.3, -0.25) is 0 Å². The average Bonchev–Trinajstić information content (AvgIpc) is 2.31. The Kier molecular flexibility index (Phi) is 3.77. The Morgan fingerprint density at radius 1 is 1.00 bits per heavy atom. The molecular weight excluding hydrogens is 279 g/mol. The van der Waals surface area contributed by atoms with Gasteiger partial charge >= 0.3 is 0 Å². The van der Waals surface area contributed by atoms with Gasteiger partial charge in [-0.1, -0.05) is 53.0 Å². The van der Waals surface area contributed by atoms with Crippen molar-refractivity contribution < 1.29 is 0 Å². The molecule has 2 aromatic rings. The molecule has 0 aliphatic carbocycles. The zero-order valence-electron chi connectivity index (χ0n) is 8.97. The highest BCUT2D eigenvalue weighted by atomic mass is 35.5. The van der Waals surface area contributed by atoms with Crippen molar-refractivity contribution in [3.8, 4) is 11.3 Å². The number of hydrogen-bond acceptors (Lipinski definition) is 2. The van der Waals surface area contributed by atoms with E-state index in [4.69, 9.17) is 34.8 Å². The lowest BCUT2D eigenvalue weighted by molar-refractivity contribution is 1.29. The summed E-state index contributed by atoms with van der Waals surface area (Å²) in [7, 11) is 1.75. The van der Waals surface area contributed by atoms with E-state index in [2.05, 4.69) is 10.3 Å². The molecular formula is C12H9Cl3N2. The van der Waals surface area contributed by atoms with Crippen molar-refractivity contribution in [3.63, 3.8) is 0 Å². The molecule has 1 aromatic heterocycles. The van der Waals surface area contributed by atoms with Gasteiger partial charge in [0.05, 0.1) is 20.8 Å². The molecule has 0 aliphatic heterocycles. The zero-order chi connectivity index (χ0) is 12.4. The molecule has 5 heteroatoms. The third-order valence-corrected chi connectivity index (χ3v) is 3.20. The van der Waals surface area contributed by atoms with Gasteiger partial charge in [-0.05, 0) is 12.1 Å². The molecule has 0 atom stereocenters. The van der Waals surface area contributed by atoms with E-state index < -0.39 is 0 Å². The fraction of sp³-hybridized carbons (Fsp3) is 0.0833. The monoisotopic (exact) mass is 286 g/mol. The van der Waals surface area contributed by atoms with Crippen LogP contribution in [-0.2, 0) is 0 Å². The van der Waals surface area contributed by atoms with Crippen molar-refractivity contribution in [2.45, 2.75) is 0 Å². The van der Waals surface area contributed by atoms with Crippen LogP contribution in [0.1, 0.15) is 0 Å². The van der Waals surface area contributed by atoms with E-state index >= 15 is 0 Å².